The molecule has 134 valence electrons. The molecule has 1 N–H and O–H groups in total. The third-order valence-corrected chi connectivity index (χ3v) is 3.57. The number of carbonyl (C=O) groups is 1. The third kappa shape index (κ3) is 3.92. The number of rotatable bonds is 6. The van der Waals surface area contributed by atoms with E-state index in [-0.39, 0.29) is 18.0 Å². The number of anilines is 1. The molecule has 0 bridgehead atoms. The van der Waals surface area contributed by atoms with E-state index in [0.717, 1.165) is 0 Å². The smallest absolute Gasteiger partial charge is 0.280 e. The van der Waals surface area contributed by atoms with Crippen LogP contribution in [0.25, 0.3) is 6.08 Å². The average molecular weight is 356 g/mol. The largest absolute Gasteiger partial charge is 0.494 e. The summed E-state index contributed by atoms with van der Waals surface area (Å²) < 4.78 is 15.7. The second-order valence-electron chi connectivity index (χ2n) is 5.30. The van der Waals surface area contributed by atoms with Gasteiger partial charge in [-0.2, -0.15) is 0 Å². The van der Waals surface area contributed by atoms with Crippen LogP contribution in [0, 0.1) is 10.1 Å². The maximum absolute atomic E-state index is 12.1. The Morgan fingerprint density at radius 1 is 1.27 bits per heavy atom. The first-order chi connectivity index (χ1) is 12.6. The number of nitrogens with one attached hydrogen (secondary N) is 1. The van der Waals surface area contributed by atoms with Crippen LogP contribution in [0.3, 0.4) is 0 Å². The van der Waals surface area contributed by atoms with Crippen LogP contribution in [0.5, 0.6) is 17.2 Å². The Kier molecular flexibility index (Phi) is 5.02. The van der Waals surface area contributed by atoms with Crippen LogP contribution in [-0.2, 0) is 4.79 Å². The van der Waals surface area contributed by atoms with Crippen LogP contribution in [0.4, 0.5) is 11.4 Å². The number of carbonyl (C=O) groups excluding carboxylic acids is 1. The monoisotopic (exact) mass is 356 g/mol. The number of benzene rings is 2. The van der Waals surface area contributed by atoms with Crippen LogP contribution >= 0.6 is 0 Å². The summed E-state index contributed by atoms with van der Waals surface area (Å²) in [6, 6.07) is 9.66. The maximum Gasteiger partial charge on any atom is 0.280 e. The Labute approximate surface area is 149 Å². The summed E-state index contributed by atoms with van der Waals surface area (Å²) in [6.07, 6.45) is 2.59. The van der Waals surface area contributed by atoms with Gasteiger partial charge in [-0.25, -0.2) is 0 Å². The van der Waals surface area contributed by atoms with E-state index in [1.807, 2.05) is 6.92 Å². The molecule has 0 fully saturated rings. The van der Waals surface area contributed by atoms with Crippen LogP contribution in [-0.4, -0.2) is 24.2 Å². The van der Waals surface area contributed by atoms with Gasteiger partial charge >= 0.3 is 0 Å². The average Bonchev–Trinajstić information content (AvgIpc) is 3.08. The lowest BCUT2D eigenvalue weighted by Gasteiger charge is -2.05. The van der Waals surface area contributed by atoms with Crippen molar-refractivity contribution in [2.75, 3.05) is 18.7 Å². The lowest BCUT2D eigenvalue weighted by Crippen LogP contribution is -2.07. The molecule has 0 atom stereocenters. The highest BCUT2D eigenvalue weighted by Gasteiger charge is 2.22. The molecule has 0 radical (unpaired) electrons. The molecule has 0 unspecified atom stereocenters. The number of hydrogen-bond donors (Lipinski definition) is 1. The molecule has 0 spiro atoms. The molecular formula is C18H16N2O6. The molecule has 1 aliphatic rings. The summed E-state index contributed by atoms with van der Waals surface area (Å²) >= 11 is 0. The van der Waals surface area contributed by atoms with Crippen molar-refractivity contribution in [3.8, 4) is 17.2 Å². The standard InChI is InChI=1S/C18H16N2O6/c1-2-24-14-6-4-13(5-7-14)19-18(21)8-3-12-9-16-17(26-11-25-16)10-15(12)20(22)23/h3-10H,2,11H2,1H3,(H,19,21)/b8-3+. The highest BCUT2D eigenvalue weighted by atomic mass is 16.7. The number of fused-ring (bicyclic) bond motifs is 1. The first kappa shape index (κ1) is 17.3. The van der Waals surface area contributed by atoms with Crippen molar-refractivity contribution in [3.63, 3.8) is 0 Å². The minimum atomic E-state index is -0.536. The van der Waals surface area contributed by atoms with Gasteiger partial charge in [-0.3, -0.25) is 14.9 Å². The van der Waals surface area contributed by atoms with Crippen molar-refractivity contribution in [1.82, 2.24) is 0 Å². The highest BCUT2D eigenvalue weighted by molar-refractivity contribution is 6.02. The topological polar surface area (TPSA) is 99.9 Å². The van der Waals surface area contributed by atoms with E-state index in [0.29, 0.717) is 29.5 Å². The highest BCUT2D eigenvalue weighted by Crippen LogP contribution is 2.38. The molecule has 1 aliphatic heterocycles. The predicted molar refractivity (Wildman–Crippen MR) is 94.5 cm³/mol. The number of amides is 1. The Bertz CT molecular complexity index is 861. The summed E-state index contributed by atoms with van der Waals surface area (Å²) in [6.45, 7) is 2.45. The fourth-order valence-electron chi connectivity index (χ4n) is 2.39. The quantitative estimate of drug-likeness (QED) is 0.484. The Balaban J connectivity index is 1.73. The third-order valence-electron chi connectivity index (χ3n) is 3.57. The summed E-state index contributed by atoms with van der Waals surface area (Å²) in [7, 11) is 0. The molecule has 2 aromatic rings. The number of hydrogen-bond acceptors (Lipinski definition) is 6. The fourth-order valence-corrected chi connectivity index (χ4v) is 2.39. The minimum absolute atomic E-state index is 0.0118. The number of ether oxygens (including phenoxy) is 3. The SMILES string of the molecule is CCOc1ccc(NC(=O)/C=C/c2cc3c(cc2[N+](=O)[O-])OCO3)cc1. The van der Waals surface area contributed by atoms with Crippen LogP contribution < -0.4 is 19.5 Å². The van der Waals surface area contributed by atoms with E-state index in [4.69, 9.17) is 14.2 Å². The van der Waals surface area contributed by atoms with E-state index in [1.54, 1.807) is 24.3 Å². The predicted octanol–water partition coefficient (Wildman–Crippen LogP) is 3.37. The van der Waals surface area contributed by atoms with Crippen molar-refractivity contribution in [3.05, 3.63) is 58.2 Å². The van der Waals surface area contributed by atoms with Crippen LogP contribution in [0.2, 0.25) is 0 Å². The molecule has 0 saturated carbocycles. The molecule has 1 amide bonds. The molecular weight excluding hydrogens is 340 g/mol. The van der Waals surface area contributed by atoms with Gasteiger partial charge in [0.2, 0.25) is 12.7 Å². The molecule has 0 saturated heterocycles. The van der Waals surface area contributed by atoms with E-state index < -0.39 is 10.8 Å². The van der Waals surface area contributed by atoms with Crippen molar-refractivity contribution < 1.29 is 23.9 Å². The van der Waals surface area contributed by atoms with Crippen LogP contribution in [0.1, 0.15) is 12.5 Å². The minimum Gasteiger partial charge on any atom is -0.494 e. The van der Waals surface area contributed by atoms with E-state index in [2.05, 4.69) is 5.32 Å². The van der Waals surface area contributed by atoms with Gasteiger partial charge in [0.25, 0.3) is 5.69 Å². The molecule has 0 aliphatic carbocycles. The van der Waals surface area contributed by atoms with Crippen molar-refractivity contribution in [2.45, 2.75) is 6.92 Å². The summed E-state index contributed by atoms with van der Waals surface area (Å²) in [5.41, 5.74) is 0.670. The van der Waals surface area contributed by atoms with Gasteiger partial charge in [-0.15, -0.1) is 0 Å². The van der Waals surface area contributed by atoms with Gasteiger partial charge in [0.05, 0.1) is 23.2 Å². The second-order valence-corrected chi connectivity index (χ2v) is 5.30. The number of nitrogens with zero attached hydrogens (tertiary/aromatic N) is 1. The maximum atomic E-state index is 12.1. The van der Waals surface area contributed by atoms with Crippen molar-refractivity contribution in [2.24, 2.45) is 0 Å². The van der Waals surface area contributed by atoms with E-state index in [1.165, 1.54) is 24.3 Å². The van der Waals surface area contributed by atoms with Crippen molar-refractivity contribution in [1.29, 1.82) is 0 Å². The van der Waals surface area contributed by atoms with E-state index in [9.17, 15) is 14.9 Å². The van der Waals surface area contributed by atoms with Gasteiger partial charge in [-0.05, 0) is 43.3 Å². The van der Waals surface area contributed by atoms with Gasteiger partial charge in [0.15, 0.2) is 11.5 Å². The van der Waals surface area contributed by atoms with Gasteiger partial charge in [0.1, 0.15) is 5.75 Å². The number of nitro benzene ring substituents is 1. The molecule has 1 heterocycles. The van der Waals surface area contributed by atoms with Crippen molar-refractivity contribution >= 4 is 23.4 Å². The molecule has 8 nitrogen and oxygen atoms in total. The zero-order valence-electron chi connectivity index (χ0n) is 13.9. The second kappa shape index (κ2) is 7.56. The van der Waals surface area contributed by atoms with Crippen LogP contribution in [0.15, 0.2) is 42.5 Å². The summed E-state index contributed by atoms with van der Waals surface area (Å²) in [5.74, 6) is 1.01. The number of nitro groups is 1. The fraction of sp³-hybridized carbons (Fsp3) is 0.167. The molecule has 2 aromatic carbocycles. The van der Waals surface area contributed by atoms with Gasteiger partial charge < -0.3 is 19.5 Å². The first-order valence-electron chi connectivity index (χ1n) is 7.87. The molecule has 0 aromatic heterocycles. The Morgan fingerprint density at radius 2 is 1.96 bits per heavy atom. The lowest BCUT2D eigenvalue weighted by molar-refractivity contribution is -0.385. The van der Waals surface area contributed by atoms with Gasteiger partial charge in [-0.1, -0.05) is 0 Å². The Hall–Kier alpha value is -3.55. The lowest BCUT2D eigenvalue weighted by atomic mass is 10.1. The summed E-state index contributed by atoms with van der Waals surface area (Å²) in [4.78, 5) is 22.7. The molecule has 3 rings (SSSR count). The zero-order chi connectivity index (χ0) is 18.5. The van der Waals surface area contributed by atoms with Gasteiger partial charge in [0, 0.05) is 11.8 Å². The molecule has 26 heavy (non-hydrogen) atoms. The molecule has 8 heteroatoms. The normalized spacial score (nSPS) is 12.2. The first-order valence-corrected chi connectivity index (χ1v) is 7.87. The zero-order valence-corrected chi connectivity index (χ0v) is 13.9. The summed E-state index contributed by atoms with van der Waals surface area (Å²) in [5, 5.41) is 13.9. The Morgan fingerprint density at radius 3 is 2.62 bits per heavy atom. The van der Waals surface area contributed by atoms with E-state index >= 15 is 0 Å².